The average Bonchev–Trinajstić information content (AvgIpc) is 2.18. The minimum atomic E-state index is -0.499. The summed E-state index contributed by atoms with van der Waals surface area (Å²) >= 11 is 0. The normalized spacial score (nSPS) is 32.6. The summed E-state index contributed by atoms with van der Waals surface area (Å²) in [6, 6.07) is 0.116. The second-order valence-corrected chi connectivity index (χ2v) is 4.13. The maximum atomic E-state index is 11.8. The van der Waals surface area contributed by atoms with Crippen LogP contribution in [0.25, 0.3) is 0 Å². The number of nitrogens with one attached hydrogen (secondary N) is 1. The Morgan fingerprint density at radius 3 is 2.86 bits per heavy atom. The topological polar surface area (TPSA) is 55.1 Å². The molecule has 3 unspecified atom stereocenters. The minimum Gasteiger partial charge on any atom is -0.353 e. The van der Waals surface area contributed by atoms with E-state index in [9.17, 15) is 9.18 Å². The Kier molecular flexibility index (Phi) is 4.32. The number of nitrogens with two attached hydrogens (primary N) is 1. The van der Waals surface area contributed by atoms with Crippen molar-refractivity contribution in [1.29, 1.82) is 0 Å². The minimum absolute atomic E-state index is 0.00671. The van der Waals surface area contributed by atoms with Crippen molar-refractivity contribution in [1.82, 2.24) is 5.32 Å². The van der Waals surface area contributed by atoms with Gasteiger partial charge in [0.1, 0.15) is 6.67 Å². The van der Waals surface area contributed by atoms with Gasteiger partial charge < -0.3 is 11.1 Å². The summed E-state index contributed by atoms with van der Waals surface area (Å²) in [5, 5.41) is 2.57. The van der Waals surface area contributed by atoms with Gasteiger partial charge in [0.15, 0.2) is 0 Å². The van der Waals surface area contributed by atoms with Crippen LogP contribution in [0, 0.1) is 11.8 Å². The number of amides is 1. The van der Waals surface area contributed by atoms with Gasteiger partial charge in [0.2, 0.25) is 5.91 Å². The molecule has 1 saturated carbocycles. The van der Waals surface area contributed by atoms with E-state index in [0.717, 1.165) is 19.3 Å². The lowest BCUT2D eigenvalue weighted by atomic mass is 9.79. The van der Waals surface area contributed by atoms with Crippen LogP contribution in [0.3, 0.4) is 0 Å². The zero-order valence-corrected chi connectivity index (χ0v) is 8.63. The van der Waals surface area contributed by atoms with E-state index in [1.165, 1.54) is 0 Å². The van der Waals surface area contributed by atoms with E-state index in [2.05, 4.69) is 12.2 Å². The molecule has 1 aliphatic rings. The monoisotopic (exact) mass is 202 g/mol. The summed E-state index contributed by atoms with van der Waals surface area (Å²) in [4.78, 5) is 11.5. The standard InChI is InChI=1S/C10H19FN2O/c1-7-2-3-8(6-9(7)12)10(14)13-5-4-11/h7-9H,2-6,12H2,1H3,(H,13,14). The number of carbonyl (C=O) groups excluding carboxylic acids is 1. The number of halogens is 1. The van der Waals surface area contributed by atoms with Crippen molar-refractivity contribution in [2.24, 2.45) is 17.6 Å². The molecule has 0 aromatic carbocycles. The van der Waals surface area contributed by atoms with Gasteiger partial charge in [0.25, 0.3) is 0 Å². The Hall–Kier alpha value is -0.640. The fourth-order valence-corrected chi connectivity index (χ4v) is 1.91. The number of alkyl halides is 1. The van der Waals surface area contributed by atoms with Crippen LogP contribution in [-0.2, 0) is 4.79 Å². The molecule has 82 valence electrons. The molecule has 3 nitrogen and oxygen atoms in total. The van der Waals surface area contributed by atoms with Crippen LogP contribution in [0.15, 0.2) is 0 Å². The molecule has 0 aliphatic heterocycles. The molecule has 0 radical (unpaired) electrons. The molecule has 1 rings (SSSR count). The van der Waals surface area contributed by atoms with Gasteiger partial charge in [-0.15, -0.1) is 0 Å². The quantitative estimate of drug-likeness (QED) is 0.712. The SMILES string of the molecule is CC1CCC(C(=O)NCCF)CC1N. The Morgan fingerprint density at radius 1 is 1.57 bits per heavy atom. The molecule has 0 bridgehead atoms. The number of carbonyl (C=O) groups is 1. The van der Waals surface area contributed by atoms with Crippen LogP contribution >= 0.6 is 0 Å². The average molecular weight is 202 g/mol. The molecule has 1 fully saturated rings. The van der Waals surface area contributed by atoms with E-state index in [4.69, 9.17) is 5.73 Å². The van der Waals surface area contributed by atoms with Gasteiger partial charge in [-0.25, -0.2) is 4.39 Å². The van der Waals surface area contributed by atoms with Crippen LogP contribution < -0.4 is 11.1 Å². The third-order valence-corrected chi connectivity index (χ3v) is 3.02. The van der Waals surface area contributed by atoms with Crippen molar-refractivity contribution in [3.63, 3.8) is 0 Å². The van der Waals surface area contributed by atoms with Crippen LogP contribution in [-0.4, -0.2) is 25.2 Å². The lowest BCUT2D eigenvalue weighted by molar-refractivity contribution is -0.126. The van der Waals surface area contributed by atoms with Gasteiger partial charge in [0.05, 0.1) is 0 Å². The number of hydrogen-bond acceptors (Lipinski definition) is 2. The summed E-state index contributed by atoms with van der Waals surface area (Å²) in [5.74, 6) is 0.456. The highest BCUT2D eigenvalue weighted by molar-refractivity contribution is 5.78. The van der Waals surface area contributed by atoms with Crippen molar-refractivity contribution in [2.75, 3.05) is 13.2 Å². The lowest BCUT2D eigenvalue weighted by Crippen LogP contribution is -2.41. The Labute approximate surface area is 84.2 Å². The Balaban J connectivity index is 2.34. The van der Waals surface area contributed by atoms with Gasteiger partial charge in [0, 0.05) is 18.5 Å². The predicted octanol–water partition coefficient (Wildman–Crippen LogP) is 0.836. The van der Waals surface area contributed by atoms with Gasteiger partial charge in [-0.1, -0.05) is 6.92 Å². The van der Waals surface area contributed by atoms with E-state index >= 15 is 0 Å². The van der Waals surface area contributed by atoms with Crippen molar-refractivity contribution in [2.45, 2.75) is 32.2 Å². The molecule has 0 heterocycles. The molecular weight excluding hydrogens is 183 g/mol. The second-order valence-electron chi connectivity index (χ2n) is 4.13. The van der Waals surface area contributed by atoms with Crippen molar-refractivity contribution >= 4 is 5.91 Å². The summed E-state index contributed by atoms with van der Waals surface area (Å²) < 4.78 is 11.8. The number of hydrogen-bond donors (Lipinski definition) is 2. The van der Waals surface area contributed by atoms with E-state index in [1.807, 2.05) is 0 Å². The summed E-state index contributed by atoms with van der Waals surface area (Å²) in [7, 11) is 0. The first kappa shape index (κ1) is 11.4. The fraction of sp³-hybridized carbons (Fsp3) is 0.900. The molecule has 14 heavy (non-hydrogen) atoms. The Bertz CT molecular complexity index is 199. The molecule has 0 aromatic heterocycles. The first-order valence-electron chi connectivity index (χ1n) is 5.24. The van der Waals surface area contributed by atoms with E-state index < -0.39 is 6.67 Å². The van der Waals surface area contributed by atoms with Crippen LogP contribution in [0.2, 0.25) is 0 Å². The van der Waals surface area contributed by atoms with Gasteiger partial charge in [-0.05, 0) is 25.2 Å². The van der Waals surface area contributed by atoms with E-state index in [0.29, 0.717) is 5.92 Å². The molecule has 0 aromatic rings. The van der Waals surface area contributed by atoms with Gasteiger partial charge in [-0.2, -0.15) is 0 Å². The van der Waals surface area contributed by atoms with Crippen molar-refractivity contribution < 1.29 is 9.18 Å². The van der Waals surface area contributed by atoms with Crippen LogP contribution in [0.1, 0.15) is 26.2 Å². The molecular formula is C10H19FN2O. The highest BCUT2D eigenvalue weighted by Gasteiger charge is 2.29. The van der Waals surface area contributed by atoms with Gasteiger partial charge in [-0.3, -0.25) is 4.79 Å². The Morgan fingerprint density at radius 2 is 2.29 bits per heavy atom. The van der Waals surface area contributed by atoms with Crippen molar-refractivity contribution in [3.8, 4) is 0 Å². The zero-order chi connectivity index (χ0) is 10.6. The second kappa shape index (κ2) is 5.29. The summed E-state index contributed by atoms with van der Waals surface area (Å²) in [6.45, 7) is 1.74. The van der Waals surface area contributed by atoms with Gasteiger partial charge >= 0.3 is 0 Å². The van der Waals surface area contributed by atoms with E-state index in [-0.39, 0.29) is 24.4 Å². The molecule has 0 spiro atoms. The third kappa shape index (κ3) is 2.94. The molecule has 1 amide bonds. The lowest BCUT2D eigenvalue weighted by Gasteiger charge is -2.30. The maximum Gasteiger partial charge on any atom is 0.223 e. The molecule has 3 atom stereocenters. The largest absolute Gasteiger partial charge is 0.353 e. The third-order valence-electron chi connectivity index (χ3n) is 3.02. The first-order chi connectivity index (χ1) is 6.65. The first-order valence-corrected chi connectivity index (χ1v) is 5.24. The summed E-state index contributed by atoms with van der Waals surface area (Å²) in [6.07, 6.45) is 2.61. The molecule has 3 N–H and O–H groups in total. The van der Waals surface area contributed by atoms with Crippen LogP contribution in [0.5, 0.6) is 0 Å². The zero-order valence-electron chi connectivity index (χ0n) is 8.63. The molecule has 4 heteroatoms. The highest BCUT2D eigenvalue weighted by Crippen LogP contribution is 2.27. The molecule has 1 aliphatic carbocycles. The highest BCUT2D eigenvalue weighted by atomic mass is 19.1. The summed E-state index contributed by atoms with van der Waals surface area (Å²) in [5.41, 5.74) is 5.88. The maximum absolute atomic E-state index is 11.8. The number of rotatable bonds is 3. The van der Waals surface area contributed by atoms with Crippen molar-refractivity contribution in [3.05, 3.63) is 0 Å². The predicted molar refractivity (Wildman–Crippen MR) is 53.5 cm³/mol. The smallest absolute Gasteiger partial charge is 0.223 e. The van der Waals surface area contributed by atoms with Crippen LogP contribution in [0.4, 0.5) is 4.39 Å². The molecule has 0 saturated heterocycles. The fourth-order valence-electron chi connectivity index (χ4n) is 1.91. The van der Waals surface area contributed by atoms with E-state index in [1.54, 1.807) is 0 Å².